The normalized spacial score (nSPS) is 10.3. The van der Waals surface area contributed by atoms with Crippen molar-refractivity contribution in [1.82, 2.24) is 0 Å². The van der Waals surface area contributed by atoms with Gasteiger partial charge in [-0.1, -0.05) is 39.7 Å². The summed E-state index contributed by atoms with van der Waals surface area (Å²) in [6.45, 7) is 0. The smallest absolute Gasteiger partial charge is 0.337 e. The quantitative estimate of drug-likeness (QED) is 0.547. The average Bonchev–Trinajstić information content (AvgIpc) is 2.45. The molecule has 0 spiro atoms. The summed E-state index contributed by atoms with van der Waals surface area (Å²) in [6, 6.07) is 13.2. The van der Waals surface area contributed by atoms with Gasteiger partial charge in [-0.15, -0.1) is 11.8 Å². The van der Waals surface area contributed by atoms with Crippen LogP contribution in [0.1, 0.15) is 15.9 Å². The van der Waals surface area contributed by atoms with Crippen molar-refractivity contribution in [2.75, 3.05) is 7.11 Å². The molecule has 0 aliphatic heterocycles. The highest BCUT2D eigenvalue weighted by atomic mass is 79.9. The van der Waals surface area contributed by atoms with Gasteiger partial charge in [0.2, 0.25) is 0 Å². The molecule has 104 valence electrons. The highest BCUT2D eigenvalue weighted by molar-refractivity contribution is 9.10. The maximum atomic E-state index is 11.4. The largest absolute Gasteiger partial charge is 0.465 e. The monoisotopic (exact) mass is 370 g/mol. The molecule has 0 bridgehead atoms. The topological polar surface area (TPSA) is 26.3 Å². The number of halogens is 2. The van der Waals surface area contributed by atoms with Gasteiger partial charge in [0, 0.05) is 20.1 Å². The van der Waals surface area contributed by atoms with Gasteiger partial charge in [-0.25, -0.2) is 4.79 Å². The van der Waals surface area contributed by atoms with Crippen LogP contribution in [-0.2, 0) is 10.5 Å². The van der Waals surface area contributed by atoms with Crippen LogP contribution in [0.4, 0.5) is 0 Å². The van der Waals surface area contributed by atoms with E-state index >= 15 is 0 Å². The number of hydrogen-bond donors (Lipinski definition) is 0. The second-order valence-corrected chi connectivity index (χ2v) is 6.38. The maximum Gasteiger partial charge on any atom is 0.337 e. The van der Waals surface area contributed by atoms with Gasteiger partial charge in [0.1, 0.15) is 0 Å². The van der Waals surface area contributed by atoms with Crippen LogP contribution in [0.2, 0.25) is 5.02 Å². The van der Waals surface area contributed by atoms with Crippen molar-refractivity contribution in [3.05, 3.63) is 63.1 Å². The first kappa shape index (κ1) is 15.4. The van der Waals surface area contributed by atoms with E-state index in [1.165, 1.54) is 7.11 Å². The van der Waals surface area contributed by atoms with Crippen molar-refractivity contribution >= 4 is 45.3 Å². The standard InChI is InChI=1S/C15H12BrClO2S/c1-19-15(18)10-5-6-11(14(16)7-10)9-20-13-4-2-3-12(17)8-13/h2-8H,9H2,1H3. The third-order valence-corrected chi connectivity index (χ3v) is 4.68. The molecule has 2 aromatic rings. The molecule has 0 radical (unpaired) electrons. The highest BCUT2D eigenvalue weighted by Gasteiger charge is 2.08. The minimum absolute atomic E-state index is 0.334. The summed E-state index contributed by atoms with van der Waals surface area (Å²) in [6.07, 6.45) is 0. The summed E-state index contributed by atoms with van der Waals surface area (Å²) in [5.74, 6) is 0.460. The van der Waals surface area contributed by atoms with Gasteiger partial charge in [-0.2, -0.15) is 0 Å². The molecule has 0 fully saturated rings. The zero-order chi connectivity index (χ0) is 14.5. The number of methoxy groups -OCH3 is 1. The molecule has 0 aliphatic carbocycles. The Morgan fingerprint density at radius 3 is 2.75 bits per heavy atom. The van der Waals surface area contributed by atoms with Crippen LogP contribution in [0.25, 0.3) is 0 Å². The molecule has 0 saturated carbocycles. The van der Waals surface area contributed by atoms with Crippen LogP contribution in [0.5, 0.6) is 0 Å². The molecule has 0 atom stereocenters. The lowest BCUT2D eigenvalue weighted by Gasteiger charge is -2.07. The van der Waals surface area contributed by atoms with E-state index in [2.05, 4.69) is 15.9 Å². The number of carbonyl (C=O) groups is 1. The van der Waals surface area contributed by atoms with Crippen LogP contribution in [0, 0.1) is 0 Å². The van der Waals surface area contributed by atoms with Crippen LogP contribution >= 0.6 is 39.3 Å². The molecular weight excluding hydrogens is 360 g/mol. The maximum absolute atomic E-state index is 11.4. The lowest BCUT2D eigenvalue weighted by atomic mass is 10.1. The first-order chi connectivity index (χ1) is 9.60. The van der Waals surface area contributed by atoms with E-state index in [1.54, 1.807) is 23.9 Å². The van der Waals surface area contributed by atoms with E-state index in [0.29, 0.717) is 5.56 Å². The second kappa shape index (κ2) is 7.16. The molecule has 2 nitrogen and oxygen atoms in total. The molecule has 5 heteroatoms. The van der Waals surface area contributed by atoms with Crippen molar-refractivity contribution in [3.8, 4) is 0 Å². The van der Waals surface area contributed by atoms with E-state index in [9.17, 15) is 4.79 Å². The predicted octanol–water partition coefficient (Wildman–Crippen LogP) is 5.18. The Balaban J connectivity index is 2.08. The molecule has 0 unspecified atom stereocenters. The molecule has 20 heavy (non-hydrogen) atoms. The van der Waals surface area contributed by atoms with Gasteiger partial charge in [0.05, 0.1) is 12.7 Å². The van der Waals surface area contributed by atoms with Crippen LogP contribution in [0.3, 0.4) is 0 Å². The minimum atomic E-state index is -0.334. The molecule has 0 amide bonds. The van der Waals surface area contributed by atoms with Crippen LogP contribution in [0.15, 0.2) is 51.8 Å². The van der Waals surface area contributed by atoms with E-state index in [0.717, 1.165) is 25.7 Å². The lowest BCUT2D eigenvalue weighted by Crippen LogP contribution is -2.01. The van der Waals surface area contributed by atoms with Crippen molar-refractivity contribution in [3.63, 3.8) is 0 Å². The Morgan fingerprint density at radius 1 is 1.30 bits per heavy atom. The number of rotatable bonds is 4. The molecule has 2 rings (SSSR count). The van der Waals surface area contributed by atoms with Crippen molar-refractivity contribution in [2.45, 2.75) is 10.6 Å². The summed E-state index contributed by atoms with van der Waals surface area (Å²) in [4.78, 5) is 12.5. The molecular formula is C15H12BrClO2S. The molecule has 0 aromatic heterocycles. The van der Waals surface area contributed by atoms with Gasteiger partial charge in [-0.3, -0.25) is 0 Å². The molecule has 0 heterocycles. The molecule has 0 saturated heterocycles. The average molecular weight is 372 g/mol. The summed E-state index contributed by atoms with van der Waals surface area (Å²) in [7, 11) is 1.37. The van der Waals surface area contributed by atoms with E-state index in [1.807, 2.05) is 30.3 Å². The third-order valence-electron chi connectivity index (χ3n) is 2.66. The zero-order valence-electron chi connectivity index (χ0n) is 10.7. The predicted molar refractivity (Wildman–Crippen MR) is 86.5 cm³/mol. The second-order valence-electron chi connectivity index (χ2n) is 4.04. The lowest BCUT2D eigenvalue weighted by molar-refractivity contribution is 0.0600. The summed E-state index contributed by atoms with van der Waals surface area (Å²) in [5, 5.41) is 0.732. The van der Waals surface area contributed by atoms with E-state index in [4.69, 9.17) is 16.3 Å². The molecule has 2 aromatic carbocycles. The fourth-order valence-corrected chi connectivity index (χ4v) is 3.55. The number of esters is 1. The zero-order valence-corrected chi connectivity index (χ0v) is 13.9. The van der Waals surface area contributed by atoms with Crippen molar-refractivity contribution in [2.24, 2.45) is 0 Å². The van der Waals surface area contributed by atoms with E-state index in [-0.39, 0.29) is 5.97 Å². The van der Waals surface area contributed by atoms with Gasteiger partial charge in [-0.05, 0) is 35.9 Å². The summed E-state index contributed by atoms with van der Waals surface area (Å²) in [5.41, 5.74) is 1.65. The van der Waals surface area contributed by atoms with Crippen molar-refractivity contribution in [1.29, 1.82) is 0 Å². The molecule has 0 N–H and O–H groups in total. The third kappa shape index (κ3) is 4.01. The van der Waals surface area contributed by atoms with Crippen LogP contribution in [-0.4, -0.2) is 13.1 Å². The van der Waals surface area contributed by atoms with Crippen molar-refractivity contribution < 1.29 is 9.53 Å². The summed E-state index contributed by atoms with van der Waals surface area (Å²) < 4.78 is 5.59. The first-order valence-corrected chi connectivity index (χ1v) is 8.01. The first-order valence-electron chi connectivity index (χ1n) is 5.85. The number of carbonyl (C=O) groups excluding carboxylic acids is 1. The van der Waals surface area contributed by atoms with Crippen LogP contribution < -0.4 is 0 Å². The SMILES string of the molecule is COC(=O)c1ccc(CSc2cccc(Cl)c2)c(Br)c1. The Labute approximate surface area is 135 Å². The summed E-state index contributed by atoms with van der Waals surface area (Å²) >= 11 is 11.1. The van der Waals surface area contributed by atoms with Gasteiger partial charge < -0.3 is 4.74 Å². The Morgan fingerprint density at radius 2 is 2.10 bits per heavy atom. The number of thioether (sulfide) groups is 1. The fourth-order valence-electron chi connectivity index (χ4n) is 1.63. The van der Waals surface area contributed by atoms with E-state index < -0.39 is 0 Å². The minimum Gasteiger partial charge on any atom is -0.465 e. The fraction of sp³-hybridized carbons (Fsp3) is 0.133. The number of ether oxygens (including phenoxy) is 1. The number of hydrogen-bond acceptors (Lipinski definition) is 3. The Kier molecular flexibility index (Phi) is 5.52. The van der Waals surface area contributed by atoms with Gasteiger partial charge in [0.25, 0.3) is 0 Å². The van der Waals surface area contributed by atoms with Gasteiger partial charge >= 0.3 is 5.97 Å². The highest BCUT2D eigenvalue weighted by Crippen LogP contribution is 2.29. The Bertz CT molecular complexity index is 631. The Hall–Kier alpha value is -0.970. The van der Waals surface area contributed by atoms with Gasteiger partial charge in [0.15, 0.2) is 0 Å². The molecule has 0 aliphatic rings. The number of benzene rings is 2.